The van der Waals surface area contributed by atoms with Crippen molar-refractivity contribution in [2.45, 2.75) is 13.2 Å². The Morgan fingerprint density at radius 2 is 2.08 bits per heavy atom. The molecule has 0 fully saturated rings. The molecule has 124 valence electrons. The van der Waals surface area contributed by atoms with Crippen LogP contribution in [0.4, 0.5) is 0 Å². The van der Waals surface area contributed by atoms with Gasteiger partial charge in [0.15, 0.2) is 0 Å². The van der Waals surface area contributed by atoms with Crippen LogP contribution in [0.5, 0.6) is 0 Å². The molecule has 0 saturated heterocycles. The van der Waals surface area contributed by atoms with Gasteiger partial charge in [0.25, 0.3) is 0 Å². The zero-order valence-corrected chi connectivity index (χ0v) is 14.1. The summed E-state index contributed by atoms with van der Waals surface area (Å²) in [5.74, 6) is -0.128. The maximum Gasteiger partial charge on any atom is 0.311 e. The monoisotopic (exact) mass is 344 g/mol. The van der Waals surface area contributed by atoms with E-state index in [2.05, 4.69) is 15.2 Å². The van der Waals surface area contributed by atoms with Crippen LogP contribution < -0.4 is 0 Å². The van der Waals surface area contributed by atoms with Crippen molar-refractivity contribution in [3.63, 3.8) is 0 Å². The molecule has 0 spiro atoms. The molecule has 0 aliphatic rings. The SMILES string of the molecule is COCc1nnc(C(=O)N(C)Cc2csc(-c3ccccc3)n2)o1. The van der Waals surface area contributed by atoms with Crippen LogP contribution in [-0.2, 0) is 17.9 Å². The number of thiazole rings is 1. The lowest BCUT2D eigenvalue weighted by Gasteiger charge is -2.12. The Hall–Kier alpha value is -2.58. The van der Waals surface area contributed by atoms with E-state index in [1.807, 2.05) is 35.7 Å². The molecule has 1 aromatic carbocycles. The van der Waals surface area contributed by atoms with Gasteiger partial charge in [-0.1, -0.05) is 30.3 Å². The molecular formula is C16H16N4O3S. The van der Waals surface area contributed by atoms with Gasteiger partial charge in [-0.15, -0.1) is 21.5 Å². The highest BCUT2D eigenvalue weighted by Crippen LogP contribution is 2.23. The first-order valence-electron chi connectivity index (χ1n) is 7.24. The standard InChI is InChI=1S/C16H16N4O3S/c1-20(16(21)14-19-18-13(23-14)9-22-2)8-12-10-24-15(17-12)11-6-4-3-5-7-11/h3-7,10H,8-9H2,1-2H3. The Kier molecular flexibility index (Phi) is 4.97. The molecule has 0 N–H and O–H groups in total. The molecule has 0 aliphatic heterocycles. The number of carbonyl (C=O) groups excluding carboxylic acids is 1. The Labute approximate surface area is 142 Å². The molecule has 2 heterocycles. The van der Waals surface area contributed by atoms with Crippen molar-refractivity contribution < 1.29 is 13.9 Å². The van der Waals surface area contributed by atoms with Gasteiger partial charge in [-0.2, -0.15) is 0 Å². The zero-order valence-electron chi connectivity index (χ0n) is 13.3. The number of amides is 1. The average molecular weight is 344 g/mol. The van der Waals surface area contributed by atoms with Gasteiger partial charge in [-0.05, 0) is 0 Å². The van der Waals surface area contributed by atoms with E-state index in [0.717, 1.165) is 16.3 Å². The minimum absolute atomic E-state index is 0.0527. The molecular weight excluding hydrogens is 328 g/mol. The van der Waals surface area contributed by atoms with E-state index in [-0.39, 0.29) is 24.3 Å². The predicted octanol–water partition coefficient (Wildman–Crippen LogP) is 2.61. The van der Waals surface area contributed by atoms with Crippen molar-refractivity contribution >= 4 is 17.2 Å². The van der Waals surface area contributed by atoms with Crippen molar-refractivity contribution in [2.75, 3.05) is 14.2 Å². The van der Waals surface area contributed by atoms with E-state index in [9.17, 15) is 4.79 Å². The van der Waals surface area contributed by atoms with Gasteiger partial charge in [0, 0.05) is 25.1 Å². The van der Waals surface area contributed by atoms with Crippen LogP contribution in [0.1, 0.15) is 22.3 Å². The maximum atomic E-state index is 12.3. The molecule has 8 heteroatoms. The molecule has 3 aromatic rings. The van der Waals surface area contributed by atoms with E-state index in [1.54, 1.807) is 18.4 Å². The number of hydrogen-bond acceptors (Lipinski definition) is 7. The van der Waals surface area contributed by atoms with Crippen molar-refractivity contribution in [1.82, 2.24) is 20.1 Å². The Balaban J connectivity index is 1.67. The van der Waals surface area contributed by atoms with E-state index in [1.165, 1.54) is 12.0 Å². The minimum Gasteiger partial charge on any atom is -0.414 e. The second-order valence-electron chi connectivity index (χ2n) is 5.11. The van der Waals surface area contributed by atoms with Crippen LogP contribution in [-0.4, -0.2) is 40.1 Å². The van der Waals surface area contributed by atoms with Gasteiger partial charge < -0.3 is 14.1 Å². The first kappa shape index (κ1) is 16.3. The predicted molar refractivity (Wildman–Crippen MR) is 88.4 cm³/mol. The molecule has 1 amide bonds. The first-order chi connectivity index (χ1) is 11.7. The number of methoxy groups -OCH3 is 1. The van der Waals surface area contributed by atoms with Gasteiger partial charge in [0.1, 0.15) is 11.6 Å². The van der Waals surface area contributed by atoms with E-state index < -0.39 is 0 Å². The molecule has 3 rings (SSSR count). The highest BCUT2D eigenvalue weighted by atomic mass is 32.1. The molecule has 2 aromatic heterocycles. The zero-order chi connectivity index (χ0) is 16.9. The molecule has 0 bridgehead atoms. The summed E-state index contributed by atoms with van der Waals surface area (Å²) >= 11 is 1.55. The van der Waals surface area contributed by atoms with Crippen molar-refractivity contribution in [3.8, 4) is 10.6 Å². The Morgan fingerprint density at radius 1 is 1.29 bits per heavy atom. The lowest BCUT2D eigenvalue weighted by Crippen LogP contribution is -2.26. The van der Waals surface area contributed by atoms with Crippen LogP contribution in [0.3, 0.4) is 0 Å². The van der Waals surface area contributed by atoms with Gasteiger partial charge in [0.2, 0.25) is 5.89 Å². The summed E-state index contributed by atoms with van der Waals surface area (Å²) in [7, 11) is 3.19. The molecule has 7 nitrogen and oxygen atoms in total. The summed E-state index contributed by atoms with van der Waals surface area (Å²) in [6.07, 6.45) is 0. The quantitative estimate of drug-likeness (QED) is 0.684. The number of aromatic nitrogens is 3. The molecule has 0 atom stereocenters. The van der Waals surface area contributed by atoms with Gasteiger partial charge in [0.05, 0.1) is 12.2 Å². The minimum atomic E-state index is -0.348. The van der Waals surface area contributed by atoms with E-state index in [0.29, 0.717) is 6.54 Å². The Bertz CT molecular complexity index is 816. The Morgan fingerprint density at radius 3 is 2.83 bits per heavy atom. The number of nitrogens with zero attached hydrogens (tertiary/aromatic N) is 4. The maximum absolute atomic E-state index is 12.3. The second kappa shape index (κ2) is 7.33. The number of carbonyl (C=O) groups is 1. The van der Waals surface area contributed by atoms with Crippen LogP contribution in [0, 0.1) is 0 Å². The summed E-state index contributed by atoms with van der Waals surface area (Å²) in [5.41, 5.74) is 1.87. The third-order valence-corrected chi connectivity index (χ3v) is 4.18. The second-order valence-corrected chi connectivity index (χ2v) is 5.96. The summed E-state index contributed by atoms with van der Waals surface area (Å²) in [4.78, 5) is 18.4. The molecule has 0 unspecified atom stereocenters. The smallest absolute Gasteiger partial charge is 0.311 e. The lowest BCUT2D eigenvalue weighted by molar-refractivity contribution is 0.0736. The number of benzene rings is 1. The first-order valence-corrected chi connectivity index (χ1v) is 8.12. The van der Waals surface area contributed by atoms with Gasteiger partial charge in [-0.3, -0.25) is 4.79 Å². The summed E-state index contributed by atoms with van der Waals surface area (Å²) in [6.45, 7) is 0.542. The van der Waals surface area contributed by atoms with E-state index in [4.69, 9.17) is 9.15 Å². The van der Waals surface area contributed by atoms with Gasteiger partial charge >= 0.3 is 11.8 Å². The fraction of sp³-hybridized carbons (Fsp3) is 0.250. The number of rotatable bonds is 6. The van der Waals surface area contributed by atoms with Crippen molar-refractivity contribution in [2.24, 2.45) is 0 Å². The number of ether oxygens (including phenoxy) is 1. The van der Waals surface area contributed by atoms with Crippen LogP contribution in [0.2, 0.25) is 0 Å². The number of hydrogen-bond donors (Lipinski definition) is 0. The topological polar surface area (TPSA) is 81.4 Å². The summed E-state index contributed by atoms with van der Waals surface area (Å²) in [6, 6.07) is 9.92. The van der Waals surface area contributed by atoms with Crippen molar-refractivity contribution in [3.05, 3.63) is 53.2 Å². The molecule has 24 heavy (non-hydrogen) atoms. The molecule has 0 aliphatic carbocycles. The molecule has 0 saturated carbocycles. The molecule has 0 radical (unpaired) electrons. The highest BCUT2D eigenvalue weighted by Gasteiger charge is 2.20. The largest absolute Gasteiger partial charge is 0.414 e. The van der Waals surface area contributed by atoms with Crippen molar-refractivity contribution in [1.29, 1.82) is 0 Å². The van der Waals surface area contributed by atoms with Crippen LogP contribution in [0.25, 0.3) is 10.6 Å². The fourth-order valence-electron chi connectivity index (χ4n) is 2.09. The van der Waals surface area contributed by atoms with Crippen LogP contribution in [0.15, 0.2) is 40.1 Å². The summed E-state index contributed by atoms with van der Waals surface area (Å²) in [5, 5.41) is 10.4. The lowest BCUT2D eigenvalue weighted by atomic mass is 10.2. The van der Waals surface area contributed by atoms with Crippen LogP contribution >= 0.6 is 11.3 Å². The third-order valence-electron chi connectivity index (χ3n) is 3.24. The fourth-order valence-corrected chi connectivity index (χ4v) is 2.91. The highest BCUT2D eigenvalue weighted by molar-refractivity contribution is 7.13. The average Bonchev–Trinajstić information content (AvgIpc) is 3.25. The van der Waals surface area contributed by atoms with Gasteiger partial charge in [-0.25, -0.2) is 4.98 Å². The normalized spacial score (nSPS) is 10.8. The third kappa shape index (κ3) is 3.66. The van der Waals surface area contributed by atoms with E-state index >= 15 is 0 Å². The summed E-state index contributed by atoms with van der Waals surface area (Å²) < 4.78 is 10.2.